The number of fused-ring (bicyclic) bond motifs is 1. The molecule has 4 aromatic rings. The SMILES string of the molecule is Cn1c(=O)n(CCCO)c(=O)c2c(Cc3ccc(Cl)cc3)c(Oc3cccc(OC(F)(F)F)c3)cnc21. The smallest absolute Gasteiger partial charge is 0.455 e. The Morgan fingerprint density at radius 3 is 2.46 bits per heavy atom. The summed E-state index contributed by atoms with van der Waals surface area (Å²) < 4.78 is 50.2. The Labute approximate surface area is 213 Å². The predicted molar refractivity (Wildman–Crippen MR) is 130 cm³/mol. The van der Waals surface area contributed by atoms with Crippen LogP contribution < -0.4 is 20.7 Å². The van der Waals surface area contributed by atoms with Crippen molar-refractivity contribution in [2.45, 2.75) is 25.7 Å². The molecule has 0 aliphatic rings. The van der Waals surface area contributed by atoms with Gasteiger partial charge in [0.05, 0.1) is 11.6 Å². The maximum absolute atomic E-state index is 13.5. The summed E-state index contributed by atoms with van der Waals surface area (Å²) in [5.41, 5.74) is 0.0174. The van der Waals surface area contributed by atoms with Gasteiger partial charge in [0.25, 0.3) is 5.56 Å². The molecule has 0 fully saturated rings. The van der Waals surface area contributed by atoms with E-state index in [1.807, 2.05) is 0 Å². The summed E-state index contributed by atoms with van der Waals surface area (Å²) in [5.74, 6) is -0.353. The summed E-state index contributed by atoms with van der Waals surface area (Å²) >= 11 is 6.00. The second-order valence-electron chi connectivity index (χ2n) is 8.10. The number of rotatable bonds is 8. The summed E-state index contributed by atoms with van der Waals surface area (Å²) in [6.07, 6.45) is -3.23. The standard InChI is InChI=1S/C25H21ClF3N3O5/c1-31-22-21(23(34)32(24(31)35)10-3-11-33)19(12-15-6-8-16(26)9-7-15)20(14-30-22)36-17-4-2-5-18(13-17)37-25(27,28)29/h2,4-9,13-14,33H,3,10-12H2,1H3. The molecule has 0 saturated carbocycles. The van der Waals surface area contributed by atoms with Crippen LogP contribution >= 0.6 is 11.6 Å². The first kappa shape index (κ1) is 26.2. The van der Waals surface area contributed by atoms with Crippen molar-refractivity contribution in [1.82, 2.24) is 14.1 Å². The maximum Gasteiger partial charge on any atom is 0.573 e. The Bertz CT molecular complexity index is 1550. The molecule has 2 aromatic carbocycles. The van der Waals surface area contributed by atoms with E-state index in [2.05, 4.69) is 9.72 Å². The Morgan fingerprint density at radius 2 is 1.78 bits per heavy atom. The molecular weight excluding hydrogens is 515 g/mol. The van der Waals surface area contributed by atoms with Gasteiger partial charge in [0.15, 0.2) is 0 Å². The van der Waals surface area contributed by atoms with Crippen molar-refractivity contribution in [3.05, 3.63) is 91.7 Å². The molecule has 0 aliphatic carbocycles. The third-order valence-corrected chi connectivity index (χ3v) is 5.77. The molecular formula is C25H21ClF3N3O5. The van der Waals surface area contributed by atoms with Crippen LogP contribution in [0.4, 0.5) is 13.2 Å². The van der Waals surface area contributed by atoms with Gasteiger partial charge in [-0.3, -0.25) is 13.9 Å². The molecule has 4 rings (SSSR count). The quantitative estimate of drug-likeness (QED) is 0.359. The van der Waals surface area contributed by atoms with Crippen molar-refractivity contribution >= 4 is 22.6 Å². The van der Waals surface area contributed by atoms with E-state index >= 15 is 0 Å². The molecule has 0 saturated heterocycles. The highest BCUT2D eigenvalue weighted by Crippen LogP contribution is 2.33. The minimum absolute atomic E-state index is 0.0136. The van der Waals surface area contributed by atoms with Crippen LogP contribution in [0.1, 0.15) is 17.5 Å². The molecule has 0 amide bonds. The largest absolute Gasteiger partial charge is 0.573 e. The average Bonchev–Trinajstić information content (AvgIpc) is 2.84. The van der Waals surface area contributed by atoms with Gasteiger partial charge in [-0.05, 0) is 36.2 Å². The van der Waals surface area contributed by atoms with Crippen molar-refractivity contribution in [3.8, 4) is 17.2 Å². The van der Waals surface area contributed by atoms with Crippen LogP contribution in [0.15, 0.2) is 64.3 Å². The molecule has 0 unspecified atom stereocenters. The van der Waals surface area contributed by atoms with E-state index in [9.17, 15) is 27.9 Å². The van der Waals surface area contributed by atoms with Crippen molar-refractivity contribution in [3.63, 3.8) is 0 Å². The number of aromatic nitrogens is 3. The van der Waals surface area contributed by atoms with Crippen molar-refractivity contribution in [2.75, 3.05) is 6.61 Å². The van der Waals surface area contributed by atoms with Crippen LogP contribution in [0.5, 0.6) is 17.2 Å². The normalized spacial score (nSPS) is 11.6. The Morgan fingerprint density at radius 1 is 1.08 bits per heavy atom. The van der Waals surface area contributed by atoms with E-state index in [0.717, 1.165) is 22.3 Å². The van der Waals surface area contributed by atoms with Gasteiger partial charge in [0, 0.05) is 43.3 Å². The second-order valence-corrected chi connectivity index (χ2v) is 8.54. The summed E-state index contributed by atoms with van der Waals surface area (Å²) in [7, 11) is 1.47. The fourth-order valence-electron chi connectivity index (χ4n) is 3.85. The Hall–Kier alpha value is -3.83. The topological polar surface area (TPSA) is 95.6 Å². The molecule has 12 heteroatoms. The average molecular weight is 536 g/mol. The van der Waals surface area contributed by atoms with Gasteiger partial charge in [0.1, 0.15) is 22.9 Å². The van der Waals surface area contributed by atoms with Crippen LogP contribution in [0, 0.1) is 0 Å². The number of hydrogen-bond donors (Lipinski definition) is 1. The van der Waals surface area contributed by atoms with Crippen LogP contribution in [-0.4, -0.2) is 32.2 Å². The van der Waals surface area contributed by atoms with E-state index in [0.29, 0.717) is 10.6 Å². The number of aliphatic hydroxyl groups excluding tert-OH is 1. The molecule has 2 aromatic heterocycles. The number of pyridine rings is 1. The van der Waals surface area contributed by atoms with E-state index in [1.165, 1.54) is 29.9 Å². The van der Waals surface area contributed by atoms with Crippen LogP contribution in [0.3, 0.4) is 0 Å². The third-order valence-electron chi connectivity index (χ3n) is 5.52. The summed E-state index contributed by atoms with van der Waals surface area (Å²) in [6.45, 7) is -0.233. The molecule has 0 spiro atoms. The molecule has 0 radical (unpaired) electrons. The fourth-order valence-corrected chi connectivity index (χ4v) is 3.98. The zero-order chi connectivity index (χ0) is 26.7. The van der Waals surface area contributed by atoms with E-state index < -0.39 is 23.4 Å². The zero-order valence-electron chi connectivity index (χ0n) is 19.5. The highest BCUT2D eigenvalue weighted by Gasteiger charge is 2.31. The molecule has 8 nitrogen and oxygen atoms in total. The van der Waals surface area contributed by atoms with Crippen LogP contribution in [0.2, 0.25) is 5.02 Å². The number of nitrogens with zero attached hydrogens (tertiary/aromatic N) is 3. The monoisotopic (exact) mass is 535 g/mol. The van der Waals surface area contributed by atoms with Crippen molar-refractivity contribution in [2.24, 2.45) is 7.05 Å². The molecule has 37 heavy (non-hydrogen) atoms. The number of aryl methyl sites for hydroxylation is 1. The van der Waals surface area contributed by atoms with Gasteiger partial charge in [-0.1, -0.05) is 29.8 Å². The summed E-state index contributed by atoms with van der Waals surface area (Å²) in [4.78, 5) is 30.6. The molecule has 0 aliphatic heterocycles. The first-order chi connectivity index (χ1) is 17.6. The lowest BCUT2D eigenvalue weighted by Gasteiger charge is -2.17. The predicted octanol–water partition coefficient (Wildman–Crippen LogP) is 4.41. The van der Waals surface area contributed by atoms with Crippen LogP contribution in [-0.2, 0) is 20.0 Å². The fraction of sp³-hybridized carbons (Fsp3) is 0.240. The van der Waals surface area contributed by atoms with Crippen molar-refractivity contribution in [1.29, 1.82) is 0 Å². The van der Waals surface area contributed by atoms with Gasteiger partial charge in [0.2, 0.25) is 0 Å². The first-order valence-corrected chi connectivity index (χ1v) is 11.5. The number of benzene rings is 2. The third kappa shape index (κ3) is 5.95. The van der Waals surface area contributed by atoms with Crippen molar-refractivity contribution < 1.29 is 27.8 Å². The lowest BCUT2D eigenvalue weighted by molar-refractivity contribution is -0.274. The van der Waals surface area contributed by atoms with E-state index in [-0.39, 0.29) is 48.5 Å². The van der Waals surface area contributed by atoms with Gasteiger partial charge in [-0.2, -0.15) is 0 Å². The molecule has 0 bridgehead atoms. The van der Waals surface area contributed by atoms with E-state index in [4.69, 9.17) is 16.3 Å². The van der Waals surface area contributed by atoms with Crippen LogP contribution in [0.25, 0.3) is 11.0 Å². The lowest BCUT2D eigenvalue weighted by atomic mass is 10.0. The minimum atomic E-state index is -4.88. The second kappa shape index (κ2) is 10.7. The molecule has 2 heterocycles. The minimum Gasteiger partial charge on any atom is -0.455 e. The first-order valence-electron chi connectivity index (χ1n) is 11.1. The number of alkyl halides is 3. The number of ether oxygens (including phenoxy) is 2. The molecule has 0 atom stereocenters. The Balaban J connectivity index is 1.90. The summed E-state index contributed by atoms with van der Waals surface area (Å²) in [5, 5.41) is 9.83. The maximum atomic E-state index is 13.5. The van der Waals surface area contributed by atoms with Gasteiger partial charge < -0.3 is 14.6 Å². The van der Waals surface area contributed by atoms with Gasteiger partial charge >= 0.3 is 12.1 Å². The zero-order valence-corrected chi connectivity index (χ0v) is 20.2. The number of aliphatic hydroxyl groups is 1. The highest BCUT2D eigenvalue weighted by molar-refractivity contribution is 6.30. The number of halogens is 4. The van der Waals surface area contributed by atoms with Gasteiger partial charge in [-0.25, -0.2) is 9.78 Å². The van der Waals surface area contributed by atoms with Gasteiger partial charge in [-0.15, -0.1) is 13.2 Å². The lowest BCUT2D eigenvalue weighted by Crippen LogP contribution is -2.40. The molecule has 1 N–H and O–H groups in total. The van der Waals surface area contributed by atoms with E-state index in [1.54, 1.807) is 24.3 Å². The highest BCUT2D eigenvalue weighted by atomic mass is 35.5. The Kier molecular flexibility index (Phi) is 7.55. The molecule has 194 valence electrons. The number of hydrogen-bond acceptors (Lipinski definition) is 6. The summed E-state index contributed by atoms with van der Waals surface area (Å²) in [6, 6.07) is 11.8.